The Labute approximate surface area is 132 Å². The Hall–Kier alpha value is -1.19. The second kappa shape index (κ2) is 6.29. The van der Waals surface area contributed by atoms with Gasteiger partial charge in [-0.1, -0.05) is 45.0 Å². The molecular formula is C18H26N2S. The number of rotatable bonds is 4. The van der Waals surface area contributed by atoms with E-state index >= 15 is 0 Å². The number of thiazole rings is 1. The molecule has 114 valence electrons. The second-order valence-electron chi connectivity index (χ2n) is 6.76. The third-order valence-electron chi connectivity index (χ3n) is 3.84. The van der Waals surface area contributed by atoms with Gasteiger partial charge in [0.25, 0.3) is 0 Å². The van der Waals surface area contributed by atoms with Gasteiger partial charge in [-0.3, -0.25) is 0 Å². The highest BCUT2D eigenvalue weighted by molar-refractivity contribution is 7.11. The quantitative estimate of drug-likeness (QED) is 0.843. The highest BCUT2D eigenvalue weighted by Crippen LogP contribution is 2.26. The third kappa shape index (κ3) is 4.14. The summed E-state index contributed by atoms with van der Waals surface area (Å²) in [5.74, 6) is 0. The SMILES string of the molecule is Cc1ncc([C@H](C)N[C@@H](C)c2ccc(C(C)(C)C)cc2)s1. The number of aryl methyl sites for hydroxylation is 1. The lowest BCUT2D eigenvalue weighted by atomic mass is 9.86. The van der Waals surface area contributed by atoms with Gasteiger partial charge >= 0.3 is 0 Å². The monoisotopic (exact) mass is 302 g/mol. The van der Waals surface area contributed by atoms with Crippen LogP contribution in [0, 0.1) is 6.92 Å². The second-order valence-corrected chi connectivity index (χ2v) is 8.03. The largest absolute Gasteiger partial charge is 0.303 e. The van der Waals surface area contributed by atoms with Gasteiger partial charge in [-0.15, -0.1) is 11.3 Å². The van der Waals surface area contributed by atoms with E-state index in [0.717, 1.165) is 5.01 Å². The molecule has 1 N–H and O–H groups in total. The molecule has 1 aromatic heterocycles. The van der Waals surface area contributed by atoms with Crippen molar-refractivity contribution in [2.24, 2.45) is 0 Å². The van der Waals surface area contributed by atoms with Crippen LogP contribution in [0.5, 0.6) is 0 Å². The molecule has 0 bridgehead atoms. The van der Waals surface area contributed by atoms with Crippen LogP contribution in [0.4, 0.5) is 0 Å². The van der Waals surface area contributed by atoms with Gasteiger partial charge in [0.1, 0.15) is 0 Å². The van der Waals surface area contributed by atoms with Gasteiger partial charge < -0.3 is 5.32 Å². The minimum atomic E-state index is 0.211. The molecule has 0 aliphatic heterocycles. The van der Waals surface area contributed by atoms with Crippen LogP contribution in [0.2, 0.25) is 0 Å². The molecule has 0 radical (unpaired) electrons. The summed E-state index contributed by atoms with van der Waals surface area (Å²) in [6.07, 6.45) is 1.98. The lowest BCUT2D eigenvalue weighted by Gasteiger charge is -2.22. The van der Waals surface area contributed by atoms with Gasteiger partial charge in [0.2, 0.25) is 0 Å². The zero-order valence-electron chi connectivity index (χ0n) is 13.9. The molecule has 2 atom stereocenters. The van der Waals surface area contributed by atoms with E-state index in [4.69, 9.17) is 0 Å². The van der Waals surface area contributed by atoms with Gasteiger partial charge in [0, 0.05) is 23.2 Å². The highest BCUT2D eigenvalue weighted by atomic mass is 32.1. The molecule has 2 aromatic rings. The highest BCUT2D eigenvalue weighted by Gasteiger charge is 2.16. The summed E-state index contributed by atoms with van der Waals surface area (Å²) in [5, 5.41) is 4.78. The summed E-state index contributed by atoms with van der Waals surface area (Å²) in [6, 6.07) is 9.63. The molecule has 0 unspecified atom stereocenters. The van der Waals surface area contributed by atoms with Crippen molar-refractivity contribution in [2.75, 3.05) is 0 Å². The molecule has 3 heteroatoms. The number of nitrogens with one attached hydrogen (secondary N) is 1. The van der Waals surface area contributed by atoms with Crippen LogP contribution in [0.3, 0.4) is 0 Å². The first-order valence-electron chi connectivity index (χ1n) is 7.56. The van der Waals surface area contributed by atoms with Crippen LogP contribution in [0.25, 0.3) is 0 Å². The van der Waals surface area contributed by atoms with Crippen LogP contribution in [0.1, 0.15) is 67.7 Å². The lowest BCUT2D eigenvalue weighted by molar-refractivity contribution is 0.499. The molecule has 0 amide bonds. The standard InChI is InChI=1S/C18H26N2S/c1-12(20-13(2)17-11-19-14(3)21-17)15-7-9-16(10-8-15)18(4,5)6/h7-13,20H,1-6H3/t12-,13-/m0/s1. The van der Waals surface area contributed by atoms with Crippen LogP contribution in [-0.4, -0.2) is 4.98 Å². The average Bonchev–Trinajstić information content (AvgIpc) is 2.84. The maximum atomic E-state index is 4.33. The van der Waals surface area contributed by atoms with Gasteiger partial charge in [-0.25, -0.2) is 4.98 Å². The molecule has 0 spiro atoms. The third-order valence-corrected chi connectivity index (χ3v) is 4.94. The average molecular weight is 302 g/mol. The molecule has 0 fully saturated rings. The van der Waals surface area contributed by atoms with Crippen molar-refractivity contribution >= 4 is 11.3 Å². The van der Waals surface area contributed by atoms with Crippen molar-refractivity contribution < 1.29 is 0 Å². The van der Waals surface area contributed by atoms with Crippen LogP contribution < -0.4 is 5.32 Å². The normalized spacial score (nSPS) is 15.0. The van der Waals surface area contributed by atoms with E-state index in [1.165, 1.54) is 16.0 Å². The minimum absolute atomic E-state index is 0.211. The molecule has 0 aliphatic carbocycles. The van der Waals surface area contributed by atoms with Crippen LogP contribution in [-0.2, 0) is 5.41 Å². The van der Waals surface area contributed by atoms with Crippen molar-refractivity contribution in [3.05, 3.63) is 51.5 Å². The summed E-state index contributed by atoms with van der Waals surface area (Å²) >= 11 is 1.77. The van der Waals surface area contributed by atoms with E-state index < -0.39 is 0 Å². The van der Waals surface area contributed by atoms with Gasteiger partial charge in [0.05, 0.1) is 5.01 Å². The Morgan fingerprint density at radius 3 is 2.14 bits per heavy atom. The molecule has 21 heavy (non-hydrogen) atoms. The van der Waals surface area contributed by atoms with Gasteiger partial charge in [-0.2, -0.15) is 0 Å². The van der Waals surface area contributed by atoms with E-state index in [2.05, 4.69) is 76.1 Å². The number of nitrogens with zero attached hydrogens (tertiary/aromatic N) is 1. The topological polar surface area (TPSA) is 24.9 Å². The first-order chi connectivity index (χ1) is 9.77. The predicted octanol–water partition coefficient (Wildman–Crippen LogP) is 5.16. The molecule has 2 rings (SSSR count). The van der Waals surface area contributed by atoms with E-state index in [0.29, 0.717) is 12.1 Å². The molecule has 2 nitrogen and oxygen atoms in total. The summed E-state index contributed by atoms with van der Waals surface area (Å²) < 4.78 is 0. The number of aromatic nitrogens is 1. The van der Waals surface area contributed by atoms with Gasteiger partial charge in [0.15, 0.2) is 0 Å². The number of hydrogen-bond acceptors (Lipinski definition) is 3. The molecular weight excluding hydrogens is 276 g/mol. The number of benzene rings is 1. The molecule has 0 saturated carbocycles. The van der Waals surface area contributed by atoms with Crippen molar-refractivity contribution in [3.8, 4) is 0 Å². The molecule has 1 aromatic carbocycles. The summed E-state index contributed by atoms with van der Waals surface area (Å²) in [4.78, 5) is 5.63. The maximum Gasteiger partial charge on any atom is 0.0897 e. The fraction of sp³-hybridized carbons (Fsp3) is 0.500. The molecule has 0 aliphatic rings. The Kier molecular flexibility index (Phi) is 4.84. The van der Waals surface area contributed by atoms with E-state index in [1.807, 2.05) is 6.20 Å². The van der Waals surface area contributed by atoms with E-state index in [-0.39, 0.29) is 5.41 Å². The smallest absolute Gasteiger partial charge is 0.0897 e. The van der Waals surface area contributed by atoms with Crippen LogP contribution >= 0.6 is 11.3 Å². The Balaban J connectivity index is 2.04. The van der Waals surface area contributed by atoms with E-state index in [1.54, 1.807) is 11.3 Å². The Bertz CT molecular complexity index is 578. The van der Waals surface area contributed by atoms with Crippen molar-refractivity contribution in [1.82, 2.24) is 10.3 Å². The Morgan fingerprint density at radius 1 is 1.05 bits per heavy atom. The Morgan fingerprint density at radius 2 is 1.67 bits per heavy atom. The van der Waals surface area contributed by atoms with Crippen molar-refractivity contribution in [3.63, 3.8) is 0 Å². The fourth-order valence-corrected chi connectivity index (χ4v) is 3.20. The predicted molar refractivity (Wildman–Crippen MR) is 92.0 cm³/mol. The summed E-state index contributed by atoms with van der Waals surface area (Å²) in [5.41, 5.74) is 2.92. The fourth-order valence-electron chi connectivity index (χ4n) is 2.40. The first-order valence-corrected chi connectivity index (χ1v) is 8.38. The zero-order valence-corrected chi connectivity index (χ0v) is 14.7. The van der Waals surface area contributed by atoms with E-state index in [9.17, 15) is 0 Å². The molecule has 0 saturated heterocycles. The lowest BCUT2D eigenvalue weighted by Crippen LogP contribution is -2.22. The van der Waals surface area contributed by atoms with Gasteiger partial charge in [-0.05, 0) is 37.3 Å². The summed E-state index contributed by atoms with van der Waals surface area (Å²) in [7, 11) is 0. The molecule has 1 heterocycles. The van der Waals surface area contributed by atoms with Crippen molar-refractivity contribution in [2.45, 2.75) is 59.0 Å². The van der Waals surface area contributed by atoms with Crippen LogP contribution in [0.15, 0.2) is 30.5 Å². The summed E-state index contributed by atoms with van der Waals surface area (Å²) in [6.45, 7) is 13.2. The number of hydrogen-bond donors (Lipinski definition) is 1. The first kappa shape index (κ1) is 16.2. The minimum Gasteiger partial charge on any atom is -0.303 e. The van der Waals surface area contributed by atoms with Crippen molar-refractivity contribution in [1.29, 1.82) is 0 Å². The zero-order chi connectivity index (χ0) is 15.6. The maximum absolute atomic E-state index is 4.33.